The first kappa shape index (κ1) is 9.11. The van der Waals surface area contributed by atoms with E-state index in [1.807, 2.05) is 0 Å². The summed E-state index contributed by atoms with van der Waals surface area (Å²) in [6.07, 6.45) is -4.43. The second-order valence-electron chi connectivity index (χ2n) is 2.43. The average Bonchev–Trinajstić information content (AvgIpc) is 2.32. The molecule has 0 amide bonds. The molecule has 0 radical (unpaired) electrons. The van der Waals surface area contributed by atoms with Crippen molar-refractivity contribution in [3.8, 4) is 0 Å². The van der Waals surface area contributed by atoms with Crippen LogP contribution in [-0.2, 0) is 14.3 Å². The molecular weight excluding hydrogens is 169 g/mol. The Balaban J connectivity index is 2.70. The van der Waals surface area contributed by atoms with E-state index in [0.717, 1.165) is 0 Å². The van der Waals surface area contributed by atoms with Gasteiger partial charge in [0.25, 0.3) is 5.78 Å². The Morgan fingerprint density at radius 1 is 1.50 bits per heavy atom. The molecule has 0 bridgehead atoms. The van der Waals surface area contributed by atoms with Gasteiger partial charge in [0.05, 0.1) is 6.61 Å². The van der Waals surface area contributed by atoms with Crippen molar-refractivity contribution in [1.29, 1.82) is 0 Å². The van der Waals surface area contributed by atoms with Crippen LogP contribution in [-0.4, -0.2) is 52.0 Å². The minimum atomic E-state index is -1.67. The molecule has 3 N–H and O–H groups in total. The molecule has 0 spiro atoms. The molecule has 1 heterocycles. The number of cyclic esters (lactones) is 1. The number of carbonyl (C=O) groups is 2. The predicted molar refractivity (Wildman–Crippen MR) is 34.0 cm³/mol. The summed E-state index contributed by atoms with van der Waals surface area (Å²) in [6.45, 7) is -0.678. The molecular formula is C6H8O6. The van der Waals surface area contributed by atoms with Crippen LogP contribution in [0.15, 0.2) is 0 Å². The molecule has 0 aromatic carbocycles. The number of hydrogen-bond acceptors (Lipinski definition) is 6. The number of Topliss-reactive ketones (excluding diaryl/α,β-unsaturated/α-hetero) is 1. The summed E-state index contributed by atoms with van der Waals surface area (Å²) in [5.41, 5.74) is 0. The van der Waals surface area contributed by atoms with Crippen LogP contribution < -0.4 is 0 Å². The third-order valence-corrected chi connectivity index (χ3v) is 1.59. The van der Waals surface area contributed by atoms with Crippen LogP contribution >= 0.6 is 0 Å². The first-order valence-corrected chi connectivity index (χ1v) is 3.29. The largest absolute Gasteiger partial charge is 0.450 e. The summed E-state index contributed by atoms with van der Waals surface area (Å²) in [4.78, 5) is 21.1. The van der Waals surface area contributed by atoms with Gasteiger partial charge in [-0.25, -0.2) is 4.79 Å². The highest BCUT2D eigenvalue weighted by Gasteiger charge is 2.45. The van der Waals surface area contributed by atoms with E-state index in [-0.39, 0.29) is 0 Å². The number of esters is 1. The van der Waals surface area contributed by atoms with Crippen LogP contribution in [0, 0.1) is 0 Å². The molecule has 6 nitrogen and oxygen atoms in total. The van der Waals surface area contributed by atoms with Crippen molar-refractivity contribution in [2.45, 2.75) is 18.3 Å². The molecule has 0 aliphatic carbocycles. The molecule has 0 aromatic heterocycles. The van der Waals surface area contributed by atoms with E-state index < -0.39 is 36.7 Å². The van der Waals surface area contributed by atoms with Gasteiger partial charge in [0.2, 0.25) is 0 Å². The number of aliphatic hydroxyl groups is 3. The Kier molecular flexibility index (Phi) is 2.41. The zero-order valence-corrected chi connectivity index (χ0v) is 6.01. The highest BCUT2D eigenvalue weighted by molar-refractivity contribution is 6.37. The maximum atomic E-state index is 10.6. The summed E-state index contributed by atoms with van der Waals surface area (Å²) in [6, 6.07) is 0. The van der Waals surface area contributed by atoms with E-state index in [0.29, 0.717) is 0 Å². The van der Waals surface area contributed by atoms with Crippen molar-refractivity contribution in [2.24, 2.45) is 0 Å². The molecule has 12 heavy (non-hydrogen) atoms. The van der Waals surface area contributed by atoms with Gasteiger partial charge >= 0.3 is 5.97 Å². The number of ketones is 1. The molecule has 1 aliphatic heterocycles. The first-order valence-electron chi connectivity index (χ1n) is 3.29. The Hall–Kier alpha value is -0.980. The van der Waals surface area contributed by atoms with Crippen LogP contribution in [0.4, 0.5) is 0 Å². The standard InChI is InChI=1S/C6H8O6/c7-1-2(8)5-3(9)4(10)6(11)12-5/h2-3,5,7-9H,1H2/t2?,3?,5-/m1/s1/i6+1. The number of ether oxygens (including phenoxy) is 1. The van der Waals surface area contributed by atoms with Gasteiger partial charge in [-0.2, -0.15) is 0 Å². The number of aliphatic hydroxyl groups excluding tert-OH is 3. The minimum absolute atomic E-state index is 0.678. The highest BCUT2D eigenvalue weighted by Crippen LogP contribution is 2.14. The van der Waals surface area contributed by atoms with Crippen LogP contribution in [0.5, 0.6) is 0 Å². The fourth-order valence-corrected chi connectivity index (χ4v) is 0.909. The summed E-state index contributed by atoms with van der Waals surface area (Å²) < 4.78 is 4.29. The van der Waals surface area contributed by atoms with E-state index >= 15 is 0 Å². The van der Waals surface area contributed by atoms with Crippen molar-refractivity contribution in [3.63, 3.8) is 0 Å². The van der Waals surface area contributed by atoms with E-state index in [9.17, 15) is 9.59 Å². The zero-order chi connectivity index (χ0) is 9.30. The highest BCUT2D eigenvalue weighted by atomic mass is 16.7. The quantitative estimate of drug-likeness (QED) is 0.239. The molecule has 1 rings (SSSR count). The van der Waals surface area contributed by atoms with Gasteiger partial charge < -0.3 is 20.1 Å². The predicted octanol–water partition coefficient (Wildman–Crippen LogP) is -2.81. The van der Waals surface area contributed by atoms with Crippen LogP contribution in [0.1, 0.15) is 0 Å². The maximum Gasteiger partial charge on any atom is 0.378 e. The van der Waals surface area contributed by atoms with E-state index in [2.05, 4.69) is 4.74 Å². The molecule has 3 atom stereocenters. The summed E-state index contributed by atoms with van der Waals surface area (Å²) >= 11 is 0. The number of hydrogen-bond donors (Lipinski definition) is 3. The Morgan fingerprint density at radius 2 is 2.08 bits per heavy atom. The minimum Gasteiger partial charge on any atom is -0.450 e. The fraction of sp³-hybridized carbons (Fsp3) is 0.667. The Labute approximate surface area is 67.4 Å². The SMILES string of the molecule is O=C1C(O)[C@@H](C(O)CO)O[13C]1=O. The molecule has 6 heteroatoms. The number of carbonyl (C=O) groups excluding carboxylic acids is 2. The van der Waals surface area contributed by atoms with Crippen LogP contribution in [0.25, 0.3) is 0 Å². The number of rotatable bonds is 2. The van der Waals surface area contributed by atoms with Gasteiger partial charge in [-0.15, -0.1) is 0 Å². The monoisotopic (exact) mass is 177 g/mol. The third kappa shape index (κ3) is 1.31. The van der Waals surface area contributed by atoms with Gasteiger partial charge in [0, 0.05) is 0 Å². The van der Waals surface area contributed by atoms with Crippen molar-refractivity contribution in [2.75, 3.05) is 6.61 Å². The maximum absolute atomic E-state index is 10.6. The zero-order valence-electron chi connectivity index (χ0n) is 6.01. The Morgan fingerprint density at radius 3 is 2.42 bits per heavy atom. The van der Waals surface area contributed by atoms with Crippen molar-refractivity contribution in [1.82, 2.24) is 0 Å². The molecule has 1 saturated heterocycles. The summed E-state index contributed by atoms with van der Waals surface area (Å²) in [7, 11) is 0. The van der Waals surface area contributed by atoms with E-state index in [4.69, 9.17) is 15.3 Å². The summed E-state index contributed by atoms with van der Waals surface area (Å²) in [5, 5.41) is 26.3. The smallest absolute Gasteiger partial charge is 0.378 e. The van der Waals surface area contributed by atoms with Crippen molar-refractivity contribution < 1.29 is 29.6 Å². The molecule has 0 aromatic rings. The van der Waals surface area contributed by atoms with Crippen LogP contribution in [0.3, 0.4) is 0 Å². The average molecular weight is 177 g/mol. The van der Waals surface area contributed by atoms with E-state index in [1.165, 1.54) is 0 Å². The Bertz CT molecular complexity index is 212. The molecule has 68 valence electrons. The van der Waals surface area contributed by atoms with Crippen molar-refractivity contribution in [3.05, 3.63) is 0 Å². The lowest BCUT2D eigenvalue weighted by Crippen LogP contribution is -2.38. The lowest BCUT2D eigenvalue weighted by Gasteiger charge is -2.15. The molecule has 1 fully saturated rings. The van der Waals surface area contributed by atoms with Gasteiger partial charge in [-0.3, -0.25) is 4.79 Å². The second-order valence-corrected chi connectivity index (χ2v) is 2.43. The lowest BCUT2D eigenvalue weighted by atomic mass is 10.1. The van der Waals surface area contributed by atoms with Gasteiger partial charge in [-0.05, 0) is 0 Å². The molecule has 2 unspecified atom stereocenters. The van der Waals surface area contributed by atoms with Crippen LogP contribution in [0.2, 0.25) is 0 Å². The van der Waals surface area contributed by atoms with Crippen molar-refractivity contribution >= 4 is 11.8 Å². The topological polar surface area (TPSA) is 104 Å². The van der Waals surface area contributed by atoms with E-state index in [1.54, 1.807) is 0 Å². The first-order chi connectivity index (χ1) is 5.57. The fourth-order valence-electron chi connectivity index (χ4n) is 0.909. The van der Waals surface area contributed by atoms with Gasteiger partial charge in [0.1, 0.15) is 6.10 Å². The lowest BCUT2D eigenvalue weighted by molar-refractivity contribution is -0.152. The normalized spacial score (nSPS) is 31.9. The second kappa shape index (κ2) is 3.18. The summed E-state index contributed by atoms with van der Waals surface area (Å²) in [5.74, 6) is -2.27. The van der Waals surface area contributed by atoms with Gasteiger partial charge in [-0.1, -0.05) is 0 Å². The van der Waals surface area contributed by atoms with Gasteiger partial charge in [0.15, 0.2) is 12.2 Å². The molecule has 0 saturated carbocycles. The molecule has 1 aliphatic rings. The third-order valence-electron chi connectivity index (χ3n) is 1.59.